The zero-order chi connectivity index (χ0) is 13.7. The summed E-state index contributed by atoms with van der Waals surface area (Å²) in [4.78, 5) is 13.0. The number of hydrogen-bond donors (Lipinski definition) is 2. The first-order valence-corrected chi connectivity index (χ1v) is 7.18. The minimum Gasteiger partial charge on any atom is -0.308 e. The number of hydrogen-bond acceptors (Lipinski definition) is 2. The largest absolute Gasteiger partial charge is 0.323 e. The van der Waals surface area contributed by atoms with Crippen molar-refractivity contribution in [3.63, 3.8) is 0 Å². The summed E-state index contributed by atoms with van der Waals surface area (Å²) in [6.45, 7) is 1.99. The number of amides is 2. The third kappa shape index (κ3) is 4.03. The maximum atomic E-state index is 11.8. The fourth-order valence-corrected chi connectivity index (χ4v) is 2.10. The van der Waals surface area contributed by atoms with Crippen LogP contribution in [0.2, 0.25) is 0 Å². The normalized spacial score (nSPS) is 10.0. The molecule has 0 heterocycles. The molecular formula is C15H16N2OS. The summed E-state index contributed by atoms with van der Waals surface area (Å²) in [5.74, 6) is 0. The highest BCUT2D eigenvalue weighted by Crippen LogP contribution is 2.17. The SMILES string of the molecule is CSc1ccc(NC(=O)Nc2cccc(C)c2)cc1. The van der Waals surface area contributed by atoms with Crippen LogP contribution in [0.4, 0.5) is 16.2 Å². The second-order valence-corrected chi connectivity index (χ2v) is 5.06. The van der Waals surface area contributed by atoms with Gasteiger partial charge in [0.2, 0.25) is 0 Å². The summed E-state index contributed by atoms with van der Waals surface area (Å²) in [6.07, 6.45) is 2.02. The lowest BCUT2D eigenvalue weighted by Gasteiger charge is -2.08. The van der Waals surface area contributed by atoms with Crippen molar-refractivity contribution >= 4 is 29.2 Å². The summed E-state index contributed by atoms with van der Waals surface area (Å²) >= 11 is 1.67. The van der Waals surface area contributed by atoms with Gasteiger partial charge in [-0.15, -0.1) is 11.8 Å². The molecule has 0 saturated carbocycles. The van der Waals surface area contributed by atoms with Gasteiger partial charge in [-0.25, -0.2) is 4.79 Å². The molecule has 0 aliphatic carbocycles. The molecule has 0 spiro atoms. The van der Waals surface area contributed by atoms with E-state index < -0.39 is 0 Å². The van der Waals surface area contributed by atoms with E-state index >= 15 is 0 Å². The van der Waals surface area contributed by atoms with Crippen LogP contribution in [0.1, 0.15) is 5.56 Å². The quantitative estimate of drug-likeness (QED) is 0.815. The van der Waals surface area contributed by atoms with E-state index in [1.54, 1.807) is 11.8 Å². The van der Waals surface area contributed by atoms with Crippen LogP contribution in [0, 0.1) is 6.92 Å². The van der Waals surface area contributed by atoms with Gasteiger partial charge in [0.25, 0.3) is 0 Å². The second-order valence-electron chi connectivity index (χ2n) is 4.18. The van der Waals surface area contributed by atoms with Crippen molar-refractivity contribution in [2.45, 2.75) is 11.8 Å². The van der Waals surface area contributed by atoms with Crippen LogP contribution in [-0.4, -0.2) is 12.3 Å². The van der Waals surface area contributed by atoms with Gasteiger partial charge in [-0.2, -0.15) is 0 Å². The fourth-order valence-electron chi connectivity index (χ4n) is 1.69. The average molecular weight is 272 g/mol. The second kappa shape index (κ2) is 6.29. The molecule has 0 radical (unpaired) electrons. The van der Waals surface area contributed by atoms with E-state index in [0.29, 0.717) is 0 Å². The summed E-state index contributed by atoms with van der Waals surface area (Å²) in [5, 5.41) is 5.61. The van der Waals surface area contributed by atoms with Crippen molar-refractivity contribution in [3.8, 4) is 0 Å². The van der Waals surface area contributed by atoms with Crippen LogP contribution in [0.25, 0.3) is 0 Å². The Hall–Kier alpha value is -1.94. The Labute approximate surface area is 117 Å². The highest BCUT2D eigenvalue weighted by Gasteiger charge is 2.02. The first-order chi connectivity index (χ1) is 9.17. The molecule has 0 aliphatic heterocycles. The first-order valence-electron chi connectivity index (χ1n) is 5.96. The highest BCUT2D eigenvalue weighted by molar-refractivity contribution is 7.98. The Morgan fingerprint density at radius 1 is 1.00 bits per heavy atom. The van der Waals surface area contributed by atoms with Gasteiger partial charge in [-0.05, 0) is 55.1 Å². The van der Waals surface area contributed by atoms with E-state index in [1.165, 1.54) is 4.90 Å². The highest BCUT2D eigenvalue weighted by atomic mass is 32.2. The lowest BCUT2D eigenvalue weighted by molar-refractivity contribution is 0.262. The number of aryl methyl sites for hydroxylation is 1. The van der Waals surface area contributed by atoms with E-state index in [9.17, 15) is 4.79 Å². The maximum Gasteiger partial charge on any atom is 0.323 e. The summed E-state index contributed by atoms with van der Waals surface area (Å²) in [5.41, 5.74) is 2.68. The van der Waals surface area contributed by atoms with E-state index in [2.05, 4.69) is 10.6 Å². The molecule has 0 bridgehead atoms. The molecule has 0 atom stereocenters. The van der Waals surface area contributed by atoms with Gasteiger partial charge in [0, 0.05) is 16.3 Å². The minimum atomic E-state index is -0.234. The summed E-state index contributed by atoms with van der Waals surface area (Å²) < 4.78 is 0. The first kappa shape index (κ1) is 13.5. The number of thioether (sulfide) groups is 1. The number of anilines is 2. The molecule has 0 aromatic heterocycles. The van der Waals surface area contributed by atoms with Gasteiger partial charge in [0.1, 0.15) is 0 Å². The zero-order valence-electron chi connectivity index (χ0n) is 10.9. The number of rotatable bonds is 3. The third-order valence-electron chi connectivity index (χ3n) is 2.62. The molecular weight excluding hydrogens is 256 g/mol. The van der Waals surface area contributed by atoms with E-state index in [0.717, 1.165) is 16.9 Å². The Morgan fingerprint density at radius 3 is 2.32 bits per heavy atom. The number of nitrogens with one attached hydrogen (secondary N) is 2. The van der Waals surface area contributed by atoms with Crippen LogP contribution in [0.15, 0.2) is 53.4 Å². The summed E-state index contributed by atoms with van der Waals surface area (Å²) in [7, 11) is 0. The Balaban J connectivity index is 1.97. The molecule has 98 valence electrons. The molecule has 0 fully saturated rings. The van der Waals surface area contributed by atoms with Crippen molar-refractivity contribution in [3.05, 3.63) is 54.1 Å². The predicted octanol–water partition coefficient (Wildman–Crippen LogP) is 4.36. The number of carbonyl (C=O) groups is 1. The van der Waals surface area contributed by atoms with Crippen LogP contribution in [0.5, 0.6) is 0 Å². The maximum absolute atomic E-state index is 11.8. The van der Waals surface area contributed by atoms with Gasteiger partial charge < -0.3 is 10.6 Å². The van der Waals surface area contributed by atoms with E-state index in [4.69, 9.17) is 0 Å². The molecule has 2 rings (SSSR count). The van der Waals surface area contributed by atoms with Crippen molar-refractivity contribution in [2.24, 2.45) is 0 Å². The Kier molecular flexibility index (Phi) is 4.47. The van der Waals surface area contributed by atoms with Gasteiger partial charge in [0.05, 0.1) is 0 Å². The monoisotopic (exact) mass is 272 g/mol. The lowest BCUT2D eigenvalue weighted by atomic mass is 10.2. The van der Waals surface area contributed by atoms with Crippen molar-refractivity contribution in [1.29, 1.82) is 0 Å². The molecule has 2 amide bonds. The van der Waals surface area contributed by atoms with Crippen molar-refractivity contribution in [1.82, 2.24) is 0 Å². The standard InChI is InChI=1S/C15H16N2OS/c1-11-4-3-5-13(10-11)17-15(18)16-12-6-8-14(19-2)9-7-12/h3-10H,1-2H3,(H2,16,17,18). The van der Waals surface area contributed by atoms with Gasteiger partial charge >= 0.3 is 6.03 Å². The average Bonchev–Trinajstić information content (AvgIpc) is 2.39. The molecule has 2 aromatic carbocycles. The predicted molar refractivity (Wildman–Crippen MR) is 82.0 cm³/mol. The van der Waals surface area contributed by atoms with Crippen LogP contribution < -0.4 is 10.6 Å². The van der Waals surface area contributed by atoms with Gasteiger partial charge in [-0.1, -0.05) is 12.1 Å². The third-order valence-corrected chi connectivity index (χ3v) is 3.37. The number of benzene rings is 2. The van der Waals surface area contributed by atoms with Gasteiger partial charge in [0.15, 0.2) is 0 Å². The van der Waals surface area contributed by atoms with Crippen LogP contribution >= 0.6 is 11.8 Å². The van der Waals surface area contributed by atoms with E-state index in [-0.39, 0.29) is 6.03 Å². The molecule has 2 aromatic rings. The lowest BCUT2D eigenvalue weighted by Crippen LogP contribution is -2.19. The number of urea groups is 1. The zero-order valence-corrected chi connectivity index (χ0v) is 11.8. The molecule has 19 heavy (non-hydrogen) atoms. The molecule has 0 aliphatic rings. The van der Waals surface area contributed by atoms with Gasteiger partial charge in [-0.3, -0.25) is 0 Å². The number of carbonyl (C=O) groups excluding carboxylic acids is 1. The molecule has 0 unspecified atom stereocenters. The Bertz CT molecular complexity index is 567. The molecule has 0 saturated heterocycles. The molecule has 3 nitrogen and oxygen atoms in total. The van der Waals surface area contributed by atoms with E-state index in [1.807, 2.05) is 61.7 Å². The van der Waals surface area contributed by atoms with Crippen molar-refractivity contribution in [2.75, 3.05) is 16.9 Å². The fraction of sp³-hybridized carbons (Fsp3) is 0.133. The van der Waals surface area contributed by atoms with Crippen LogP contribution in [-0.2, 0) is 0 Å². The van der Waals surface area contributed by atoms with Crippen molar-refractivity contribution < 1.29 is 4.79 Å². The minimum absolute atomic E-state index is 0.234. The smallest absolute Gasteiger partial charge is 0.308 e. The summed E-state index contributed by atoms with van der Waals surface area (Å²) in [6, 6.07) is 15.2. The topological polar surface area (TPSA) is 41.1 Å². The Morgan fingerprint density at radius 2 is 1.68 bits per heavy atom. The molecule has 2 N–H and O–H groups in total. The molecule has 4 heteroatoms. The van der Waals surface area contributed by atoms with Crippen LogP contribution in [0.3, 0.4) is 0 Å².